The van der Waals surface area contributed by atoms with E-state index in [2.05, 4.69) is 20.4 Å². The molecule has 7 heteroatoms. The third kappa shape index (κ3) is 6.49. The highest BCUT2D eigenvalue weighted by Crippen LogP contribution is 2.27. The summed E-state index contributed by atoms with van der Waals surface area (Å²) in [7, 11) is 0. The average molecular weight is 355 g/mol. The smallest absolute Gasteiger partial charge is 0.387 e. The number of alkyl halides is 2. The molecule has 0 heterocycles. The Bertz CT molecular complexity index is 561. The summed E-state index contributed by atoms with van der Waals surface area (Å²) in [6.45, 7) is 0.377. The van der Waals surface area contributed by atoms with Crippen LogP contribution in [0.25, 0.3) is 0 Å². The molecule has 2 rings (SSSR count). The highest BCUT2D eigenvalue weighted by molar-refractivity contribution is 5.79. The van der Waals surface area contributed by atoms with Crippen LogP contribution < -0.4 is 15.4 Å². The largest absolute Gasteiger partial charge is 0.434 e. The molecule has 0 radical (unpaired) electrons. The van der Waals surface area contributed by atoms with Gasteiger partial charge in [0.2, 0.25) is 0 Å². The Kier molecular flexibility index (Phi) is 7.43. The van der Waals surface area contributed by atoms with Gasteiger partial charge in [-0.25, -0.2) is 4.99 Å². The minimum absolute atomic E-state index is 0.128. The molecule has 0 unspecified atom stereocenters. The highest BCUT2D eigenvalue weighted by atomic mass is 19.3. The maximum atomic E-state index is 12.5. The van der Waals surface area contributed by atoms with Crippen molar-refractivity contribution in [1.82, 2.24) is 10.6 Å². The number of para-hydroxylation sites is 1. The van der Waals surface area contributed by atoms with Crippen LogP contribution in [0.5, 0.6) is 5.75 Å². The van der Waals surface area contributed by atoms with Gasteiger partial charge in [0.15, 0.2) is 5.96 Å². The summed E-state index contributed by atoms with van der Waals surface area (Å²) >= 11 is 0. The highest BCUT2D eigenvalue weighted by Gasteiger charge is 2.29. The fourth-order valence-corrected chi connectivity index (χ4v) is 2.99. The molecule has 1 aromatic rings. The summed E-state index contributed by atoms with van der Waals surface area (Å²) in [5, 5.41) is 16.8. The maximum Gasteiger partial charge on any atom is 0.387 e. The zero-order chi connectivity index (χ0) is 18.1. The molecule has 0 amide bonds. The molecule has 1 aliphatic carbocycles. The van der Waals surface area contributed by atoms with Crippen molar-refractivity contribution < 1.29 is 18.6 Å². The fourth-order valence-electron chi connectivity index (χ4n) is 2.99. The topological polar surface area (TPSA) is 65.9 Å². The summed E-state index contributed by atoms with van der Waals surface area (Å²) in [6.07, 6.45) is 4.79. The van der Waals surface area contributed by atoms with Gasteiger partial charge in [0.1, 0.15) is 5.75 Å². The Labute approximate surface area is 147 Å². The molecule has 0 saturated heterocycles. The normalized spacial score (nSPS) is 17.4. The van der Waals surface area contributed by atoms with Crippen molar-refractivity contribution in [3.63, 3.8) is 0 Å². The average Bonchev–Trinajstić information content (AvgIpc) is 2.59. The number of halogens is 2. The Morgan fingerprint density at radius 1 is 1.24 bits per heavy atom. The third-order valence-corrected chi connectivity index (χ3v) is 4.31. The first-order valence-corrected chi connectivity index (χ1v) is 8.80. The number of nitrogens with one attached hydrogen (secondary N) is 2. The van der Waals surface area contributed by atoms with Crippen molar-refractivity contribution in [1.29, 1.82) is 0 Å². The lowest BCUT2D eigenvalue weighted by molar-refractivity contribution is -0.0504. The van der Waals surface area contributed by atoms with Crippen molar-refractivity contribution in [2.75, 3.05) is 13.1 Å². The number of hydrogen-bond donors (Lipinski definition) is 3. The van der Waals surface area contributed by atoms with Gasteiger partial charge in [0.05, 0.1) is 12.1 Å². The van der Waals surface area contributed by atoms with E-state index >= 15 is 0 Å². The number of ether oxygens (including phenoxy) is 1. The molecule has 1 aromatic carbocycles. The Morgan fingerprint density at radius 3 is 2.64 bits per heavy atom. The molecule has 0 spiro atoms. The van der Waals surface area contributed by atoms with Gasteiger partial charge < -0.3 is 20.5 Å². The standard InChI is InChI=1S/C18H27F2N3O2/c1-2-21-17(23-13-18(24)10-6-3-7-11-18)22-12-14-8-4-5-9-15(14)25-16(19)20/h4-5,8-9,16,24H,2-3,6-7,10-13H2,1H3,(H2,21,22,23). The predicted octanol–water partition coefficient (Wildman–Crippen LogP) is 3.04. The molecular weight excluding hydrogens is 328 g/mol. The molecule has 1 aliphatic rings. The molecule has 1 fully saturated rings. The van der Waals surface area contributed by atoms with E-state index in [0.29, 0.717) is 24.6 Å². The first-order chi connectivity index (χ1) is 12.0. The van der Waals surface area contributed by atoms with Gasteiger partial charge in [-0.3, -0.25) is 0 Å². The molecule has 0 atom stereocenters. The van der Waals surface area contributed by atoms with Crippen LogP contribution in [0, 0.1) is 0 Å². The van der Waals surface area contributed by atoms with Crippen LogP contribution in [0.2, 0.25) is 0 Å². The van der Waals surface area contributed by atoms with E-state index < -0.39 is 12.2 Å². The van der Waals surface area contributed by atoms with Crippen molar-refractivity contribution >= 4 is 5.96 Å². The van der Waals surface area contributed by atoms with E-state index in [1.807, 2.05) is 6.92 Å². The predicted molar refractivity (Wildman–Crippen MR) is 93.9 cm³/mol. The number of aliphatic imine (C=N–C) groups is 1. The molecule has 0 aliphatic heterocycles. The number of guanidine groups is 1. The van der Waals surface area contributed by atoms with E-state index in [1.165, 1.54) is 6.07 Å². The SMILES string of the molecule is CCNC(=NCc1ccccc1OC(F)F)NCC1(O)CCCCC1. The van der Waals surface area contributed by atoms with Crippen LogP contribution in [0.4, 0.5) is 8.78 Å². The lowest BCUT2D eigenvalue weighted by Crippen LogP contribution is -2.48. The van der Waals surface area contributed by atoms with Gasteiger partial charge in [-0.1, -0.05) is 37.5 Å². The molecule has 140 valence electrons. The Morgan fingerprint density at radius 2 is 1.96 bits per heavy atom. The van der Waals surface area contributed by atoms with Crippen LogP contribution in [-0.2, 0) is 6.54 Å². The number of rotatable bonds is 7. The molecule has 3 N–H and O–H groups in total. The molecule has 25 heavy (non-hydrogen) atoms. The Hall–Kier alpha value is -1.89. The van der Waals surface area contributed by atoms with Crippen molar-refractivity contribution in [2.24, 2.45) is 4.99 Å². The molecule has 5 nitrogen and oxygen atoms in total. The summed E-state index contributed by atoms with van der Waals surface area (Å²) in [5.74, 6) is 0.677. The summed E-state index contributed by atoms with van der Waals surface area (Å²) in [5.41, 5.74) is -0.123. The van der Waals surface area contributed by atoms with Crippen LogP contribution in [0.1, 0.15) is 44.6 Å². The summed E-state index contributed by atoms with van der Waals surface area (Å²) in [4.78, 5) is 4.43. The van der Waals surface area contributed by atoms with E-state index in [0.717, 1.165) is 32.1 Å². The fraction of sp³-hybridized carbons (Fsp3) is 0.611. The number of nitrogens with zero attached hydrogens (tertiary/aromatic N) is 1. The third-order valence-electron chi connectivity index (χ3n) is 4.31. The zero-order valence-corrected chi connectivity index (χ0v) is 14.6. The molecule has 1 saturated carbocycles. The summed E-state index contributed by atoms with van der Waals surface area (Å²) in [6, 6.07) is 6.61. The van der Waals surface area contributed by atoms with Gasteiger partial charge in [0, 0.05) is 18.7 Å². The van der Waals surface area contributed by atoms with E-state index in [1.54, 1.807) is 18.2 Å². The molecular formula is C18H27F2N3O2. The number of hydrogen-bond acceptors (Lipinski definition) is 3. The van der Waals surface area contributed by atoms with Crippen LogP contribution in [0.15, 0.2) is 29.3 Å². The second-order valence-corrected chi connectivity index (χ2v) is 6.32. The van der Waals surface area contributed by atoms with E-state index in [-0.39, 0.29) is 12.3 Å². The quantitative estimate of drug-likeness (QED) is 0.520. The van der Waals surface area contributed by atoms with Crippen molar-refractivity contribution in [3.8, 4) is 5.75 Å². The minimum Gasteiger partial charge on any atom is -0.434 e. The van der Waals surface area contributed by atoms with Gasteiger partial charge >= 0.3 is 6.61 Å². The number of benzene rings is 1. The maximum absolute atomic E-state index is 12.5. The Balaban J connectivity index is 1.99. The van der Waals surface area contributed by atoms with Gasteiger partial charge in [-0.15, -0.1) is 0 Å². The molecule has 0 aromatic heterocycles. The minimum atomic E-state index is -2.86. The first-order valence-electron chi connectivity index (χ1n) is 8.80. The van der Waals surface area contributed by atoms with Crippen LogP contribution in [-0.4, -0.2) is 36.4 Å². The van der Waals surface area contributed by atoms with Crippen LogP contribution in [0.3, 0.4) is 0 Å². The van der Waals surface area contributed by atoms with Gasteiger partial charge in [-0.2, -0.15) is 8.78 Å². The summed E-state index contributed by atoms with van der Waals surface area (Å²) < 4.78 is 29.5. The van der Waals surface area contributed by atoms with E-state index in [9.17, 15) is 13.9 Å². The monoisotopic (exact) mass is 355 g/mol. The lowest BCUT2D eigenvalue weighted by Gasteiger charge is -2.32. The molecule has 0 bridgehead atoms. The van der Waals surface area contributed by atoms with Crippen molar-refractivity contribution in [3.05, 3.63) is 29.8 Å². The lowest BCUT2D eigenvalue weighted by atomic mass is 9.85. The van der Waals surface area contributed by atoms with Gasteiger partial charge in [0.25, 0.3) is 0 Å². The zero-order valence-electron chi connectivity index (χ0n) is 14.6. The number of aliphatic hydroxyl groups is 1. The van der Waals surface area contributed by atoms with E-state index in [4.69, 9.17) is 0 Å². The van der Waals surface area contributed by atoms with Crippen LogP contribution >= 0.6 is 0 Å². The van der Waals surface area contributed by atoms with Crippen molar-refractivity contribution in [2.45, 2.75) is 57.8 Å². The second kappa shape index (κ2) is 9.56. The second-order valence-electron chi connectivity index (χ2n) is 6.32. The first kappa shape index (κ1) is 19.4. The van der Waals surface area contributed by atoms with Gasteiger partial charge in [-0.05, 0) is 25.8 Å².